The number of aryl methyl sites for hydroxylation is 1. The maximum Gasteiger partial charge on any atom is 0.303 e. The summed E-state index contributed by atoms with van der Waals surface area (Å²) in [6, 6.07) is 1.36. The van der Waals surface area contributed by atoms with Gasteiger partial charge in [-0.05, 0) is 40.1 Å². The van der Waals surface area contributed by atoms with Gasteiger partial charge in [0.15, 0.2) is 29.7 Å². The van der Waals surface area contributed by atoms with Crippen LogP contribution in [0.25, 0.3) is 0 Å². The molecular formula is C30H40N6O12S. The first-order valence-electron chi connectivity index (χ1n) is 15.1. The molecule has 18 nitrogen and oxygen atoms in total. The molecule has 3 rings (SSSR count). The third-order valence-electron chi connectivity index (χ3n) is 6.83. The average molecular weight is 709 g/mol. The second-order valence-corrected chi connectivity index (χ2v) is 12.2. The molecule has 0 aromatic carbocycles. The third-order valence-corrected chi connectivity index (χ3v) is 7.92. The summed E-state index contributed by atoms with van der Waals surface area (Å²) in [5.74, 6) is -4.35. The number of hydrogen-bond donors (Lipinski definition) is 3. The molecule has 0 radical (unpaired) electrons. The van der Waals surface area contributed by atoms with Crippen molar-refractivity contribution in [3.63, 3.8) is 0 Å². The lowest BCUT2D eigenvalue weighted by Gasteiger charge is -2.45. The number of nitrogens with zero attached hydrogens (tertiary/aromatic N) is 3. The van der Waals surface area contributed by atoms with Crippen LogP contribution < -0.4 is 16.0 Å². The van der Waals surface area contributed by atoms with E-state index in [0.717, 1.165) is 39.0 Å². The number of anilines is 2. The van der Waals surface area contributed by atoms with E-state index in [2.05, 4.69) is 20.9 Å². The van der Waals surface area contributed by atoms with Gasteiger partial charge in [-0.15, -0.1) is 0 Å². The molecule has 5 atom stereocenters. The molecule has 1 saturated heterocycles. The van der Waals surface area contributed by atoms with E-state index in [0.29, 0.717) is 25.1 Å². The fraction of sp³-hybridized carbons (Fsp3) is 0.533. The minimum Gasteiger partial charge on any atom is -0.463 e. The Morgan fingerprint density at radius 1 is 0.959 bits per heavy atom. The van der Waals surface area contributed by atoms with Crippen molar-refractivity contribution in [2.24, 2.45) is 0 Å². The van der Waals surface area contributed by atoms with E-state index in [9.17, 15) is 33.6 Å². The van der Waals surface area contributed by atoms with Crippen molar-refractivity contribution in [3.05, 3.63) is 28.5 Å². The number of carbonyl (C=O) groups excluding carboxylic acids is 7. The van der Waals surface area contributed by atoms with E-state index in [1.165, 1.54) is 16.8 Å². The van der Waals surface area contributed by atoms with Gasteiger partial charge in [0.05, 0.1) is 11.4 Å². The molecule has 3 heterocycles. The van der Waals surface area contributed by atoms with Gasteiger partial charge in [-0.1, -0.05) is 11.3 Å². The Balaban J connectivity index is 2.14. The van der Waals surface area contributed by atoms with Gasteiger partial charge in [0.1, 0.15) is 23.3 Å². The Kier molecular flexibility index (Phi) is 13.8. The predicted octanol–water partition coefficient (Wildman–Crippen LogP) is 1.01. The molecule has 1 aliphatic heterocycles. The largest absolute Gasteiger partial charge is 0.463 e. The topological polar surface area (TPSA) is 223 Å². The summed E-state index contributed by atoms with van der Waals surface area (Å²) >= 11 is 0.930. The van der Waals surface area contributed by atoms with Crippen LogP contribution in [0.15, 0.2) is 12.3 Å². The van der Waals surface area contributed by atoms with Crippen LogP contribution >= 0.6 is 11.3 Å². The van der Waals surface area contributed by atoms with Gasteiger partial charge in [-0.25, -0.2) is 4.98 Å². The monoisotopic (exact) mass is 708 g/mol. The van der Waals surface area contributed by atoms with E-state index < -0.39 is 72.9 Å². The van der Waals surface area contributed by atoms with Crippen LogP contribution in [0.5, 0.6) is 0 Å². The van der Waals surface area contributed by atoms with Crippen LogP contribution in [0.3, 0.4) is 0 Å². The highest BCUT2D eigenvalue weighted by atomic mass is 32.1. The molecule has 3 N–H and O–H groups in total. The normalized spacial score (nSPS) is 20.1. The van der Waals surface area contributed by atoms with Crippen molar-refractivity contribution in [2.75, 3.05) is 44.4 Å². The number of nitrogens with one attached hydrogen (secondary N) is 3. The van der Waals surface area contributed by atoms with Gasteiger partial charge in [0.2, 0.25) is 6.41 Å². The van der Waals surface area contributed by atoms with Gasteiger partial charge >= 0.3 is 23.9 Å². The minimum absolute atomic E-state index is 0.0645. The van der Waals surface area contributed by atoms with Crippen LogP contribution in [0.4, 0.5) is 10.8 Å². The number of hydrogen-bond acceptors (Lipinski definition) is 15. The van der Waals surface area contributed by atoms with Gasteiger partial charge in [0, 0.05) is 40.4 Å². The molecule has 2 aromatic heterocycles. The summed E-state index contributed by atoms with van der Waals surface area (Å²) in [6.07, 6.45) is -4.80. The highest BCUT2D eigenvalue weighted by Crippen LogP contribution is 2.37. The summed E-state index contributed by atoms with van der Waals surface area (Å²) in [7, 11) is 3.77. The standard InChI is InChI=1S/C30H40N6O12S/c1-15-26(49-30(33-15)32-14-37)28(43)34-20-11-21(27(42)31-9-8-10-35(6)7)36(12-20)29-25(47-19(5)41)24(46-18(4)40)23(45-17(3)39)22(48-29)13-44-16(2)38/h11-12,14,22-25,29H,8-10,13H2,1-7H3,(H,31,42)(H,34,43)(H,32,33,37)/t22-,23-,24-,25-,29+/m1/s1. The molecule has 49 heavy (non-hydrogen) atoms. The van der Waals surface area contributed by atoms with E-state index in [-0.39, 0.29) is 27.9 Å². The van der Waals surface area contributed by atoms with Gasteiger partial charge in [-0.3, -0.25) is 33.6 Å². The van der Waals surface area contributed by atoms with Crippen LogP contribution in [-0.2, 0) is 47.7 Å². The first-order chi connectivity index (χ1) is 23.1. The maximum atomic E-state index is 13.7. The Hall–Kier alpha value is -4.88. The summed E-state index contributed by atoms with van der Waals surface area (Å²) < 4.78 is 29.3. The molecule has 0 aliphatic carbocycles. The van der Waals surface area contributed by atoms with Crippen LogP contribution in [0.1, 0.15) is 66.2 Å². The Labute approximate surface area is 285 Å². The smallest absolute Gasteiger partial charge is 0.303 e. The molecule has 1 aliphatic rings. The van der Waals surface area contributed by atoms with Crippen LogP contribution in [0, 0.1) is 6.92 Å². The number of aromatic nitrogens is 2. The van der Waals surface area contributed by atoms with E-state index in [4.69, 9.17) is 23.7 Å². The fourth-order valence-corrected chi connectivity index (χ4v) is 5.78. The lowest BCUT2D eigenvalue weighted by atomic mass is 9.97. The number of ether oxygens (including phenoxy) is 5. The van der Waals surface area contributed by atoms with Gasteiger partial charge in [0.25, 0.3) is 11.8 Å². The Morgan fingerprint density at radius 3 is 2.18 bits per heavy atom. The zero-order valence-electron chi connectivity index (χ0n) is 28.1. The van der Waals surface area contributed by atoms with Crippen LogP contribution in [-0.4, -0.2) is 115 Å². The lowest BCUT2D eigenvalue weighted by molar-refractivity contribution is -0.268. The highest BCUT2D eigenvalue weighted by Gasteiger charge is 2.53. The molecule has 0 unspecified atom stereocenters. The van der Waals surface area contributed by atoms with Crippen molar-refractivity contribution < 1.29 is 57.2 Å². The second-order valence-electron chi connectivity index (χ2n) is 11.2. The lowest BCUT2D eigenvalue weighted by Crippen LogP contribution is -2.60. The Bertz CT molecular complexity index is 1560. The van der Waals surface area contributed by atoms with Crippen molar-refractivity contribution >= 4 is 64.3 Å². The predicted molar refractivity (Wildman–Crippen MR) is 172 cm³/mol. The SMILES string of the molecule is CC(=O)OC[C@H]1O[C@H](n2cc(NC(=O)c3sc(NC=O)nc3C)cc2C(=O)NCCCN(C)C)[C@H](OC(C)=O)[C@H](OC(C)=O)[C@@H]1OC(C)=O. The zero-order valence-corrected chi connectivity index (χ0v) is 28.9. The minimum atomic E-state index is -1.52. The van der Waals surface area contributed by atoms with Crippen molar-refractivity contribution in [1.82, 2.24) is 19.8 Å². The molecule has 1 fully saturated rings. The summed E-state index contributed by atoms with van der Waals surface area (Å²) in [5, 5.41) is 8.10. The maximum absolute atomic E-state index is 13.7. The van der Waals surface area contributed by atoms with E-state index in [1.807, 2.05) is 19.0 Å². The van der Waals surface area contributed by atoms with Crippen LogP contribution in [0.2, 0.25) is 0 Å². The zero-order chi connectivity index (χ0) is 36.4. The number of rotatable bonds is 15. The quantitative estimate of drug-likeness (QED) is 0.102. The molecular weight excluding hydrogens is 668 g/mol. The average Bonchev–Trinajstić information content (AvgIpc) is 3.58. The number of esters is 4. The third kappa shape index (κ3) is 10.8. The first kappa shape index (κ1) is 38.6. The van der Waals surface area contributed by atoms with Crippen molar-refractivity contribution in [1.29, 1.82) is 0 Å². The molecule has 268 valence electrons. The summed E-state index contributed by atoms with van der Waals surface area (Å²) in [5.41, 5.74) is 0.379. The number of amides is 3. The summed E-state index contributed by atoms with van der Waals surface area (Å²) in [4.78, 5) is 92.7. The fourth-order valence-electron chi connectivity index (χ4n) is 4.96. The van der Waals surface area contributed by atoms with Gasteiger partial charge < -0.3 is 49.1 Å². The highest BCUT2D eigenvalue weighted by molar-refractivity contribution is 7.17. The summed E-state index contributed by atoms with van der Waals surface area (Å²) in [6.45, 7) is 6.49. The number of carbonyl (C=O) groups is 7. The van der Waals surface area contributed by atoms with Gasteiger partial charge in [-0.2, -0.15) is 0 Å². The van der Waals surface area contributed by atoms with E-state index >= 15 is 0 Å². The van der Waals surface area contributed by atoms with E-state index in [1.54, 1.807) is 6.92 Å². The van der Waals surface area contributed by atoms with Crippen molar-refractivity contribution in [3.8, 4) is 0 Å². The molecule has 0 saturated carbocycles. The van der Waals surface area contributed by atoms with Crippen molar-refractivity contribution in [2.45, 2.75) is 71.7 Å². The first-order valence-corrected chi connectivity index (χ1v) is 15.9. The molecule has 2 aromatic rings. The Morgan fingerprint density at radius 2 is 1.59 bits per heavy atom. The molecule has 3 amide bonds. The number of thiazole rings is 1. The second kappa shape index (κ2) is 17.5. The molecule has 0 bridgehead atoms. The molecule has 0 spiro atoms. The molecule has 19 heteroatoms.